The van der Waals surface area contributed by atoms with Gasteiger partial charge >= 0.3 is 0 Å². The van der Waals surface area contributed by atoms with Gasteiger partial charge in [0.05, 0.1) is 11.9 Å². The Morgan fingerprint density at radius 2 is 2.25 bits per heavy atom. The van der Waals surface area contributed by atoms with Crippen LogP contribution in [0.3, 0.4) is 0 Å². The Balaban J connectivity index is 2.37. The van der Waals surface area contributed by atoms with Crippen LogP contribution < -0.4 is 5.32 Å². The summed E-state index contributed by atoms with van der Waals surface area (Å²) < 4.78 is 1.88. The standard InChI is InChI=1S/C11H15N5/c1-3-7-16-10(8-13-15-16)9-5-4-6-11(12-2)14-9/h4-6,8H,3,7H2,1-2H3,(H,12,14). The van der Waals surface area contributed by atoms with E-state index < -0.39 is 0 Å². The average Bonchev–Trinajstić information content (AvgIpc) is 2.78. The zero-order chi connectivity index (χ0) is 11.4. The van der Waals surface area contributed by atoms with Gasteiger partial charge in [0, 0.05) is 13.6 Å². The molecule has 0 aliphatic carbocycles. The van der Waals surface area contributed by atoms with Gasteiger partial charge in [-0.05, 0) is 18.6 Å². The first kappa shape index (κ1) is 10.6. The Morgan fingerprint density at radius 1 is 1.38 bits per heavy atom. The third kappa shape index (κ3) is 2.03. The summed E-state index contributed by atoms with van der Waals surface area (Å²) in [6.45, 7) is 2.98. The quantitative estimate of drug-likeness (QED) is 0.848. The van der Waals surface area contributed by atoms with Crippen molar-refractivity contribution in [2.75, 3.05) is 12.4 Å². The second-order valence-corrected chi connectivity index (χ2v) is 3.50. The van der Waals surface area contributed by atoms with Crippen LogP contribution >= 0.6 is 0 Å². The van der Waals surface area contributed by atoms with Gasteiger partial charge in [-0.1, -0.05) is 18.2 Å². The minimum atomic E-state index is 0.849. The smallest absolute Gasteiger partial charge is 0.126 e. The fourth-order valence-corrected chi connectivity index (χ4v) is 1.55. The molecule has 0 radical (unpaired) electrons. The van der Waals surface area contributed by atoms with E-state index >= 15 is 0 Å². The largest absolute Gasteiger partial charge is 0.373 e. The Labute approximate surface area is 94.5 Å². The molecule has 0 unspecified atom stereocenters. The van der Waals surface area contributed by atoms with Crippen molar-refractivity contribution >= 4 is 5.82 Å². The topological polar surface area (TPSA) is 55.6 Å². The average molecular weight is 217 g/mol. The van der Waals surface area contributed by atoms with Crippen LogP contribution in [0.5, 0.6) is 0 Å². The third-order valence-corrected chi connectivity index (χ3v) is 2.32. The van der Waals surface area contributed by atoms with Crippen LogP contribution in [-0.4, -0.2) is 27.0 Å². The maximum atomic E-state index is 4.46. The molecule has 2 aromatic rings. The van der Waals surface area contributed by atoms with Crippen LogP contribution in [0.15, 0.2) is 24.4 Å². The highest BCUT2D eigenvalue weighted by atomic mass is 15.4. The maximum Gasteiger partial charge on any atom is 0.126 e. The van der Waals surface area contributed by atoms with Crippen molar-refractivity contribution in [2.45, 2.75) is 19.9 Å². The minimum Gasteiger partial charge on any atom is -0.373 e. The van der Waals surface area contributed by atoms with Crippen molar-refractivity contribution in [1.82, 2.24) is 20.0 Å². The second kappa shape index (κ2) is 4.74. The first-order valence-electron chi connectivity index (χ1n) is 5.39. The van der Waals surface area contributed by atoms with Crippen molar-refractivity contribution in [3.63, 3.8) is 0 Å². The van der Waals surface area contributed by atoms with E-state index in [1.807, 2.05) is 29.9 Å². The summed E-state index contributed by atoms with van der Waals surface area (Å²) in [6.07, 6.45) is 2.78. The van der Waals surface area contributed by atoms with Crippen LogP contribution in [0.1, 0.15) is 13.3 Å². The van der Waals surface area contributed by atoms with Crippen LogP contribution in [0.4, 0.5) is 5.82 Å². The summed E-state index contributed by atoms with van der Waals surface area (Å²) in [5.74, 6) is 0.849. The number of hydrogen-bond donors (Lipinski definition) is 1. The summed E-state index contributed by atoms with van der Waals surface area (Å²) in [5, 5.41) is 11.0. The molecule has 0 aliphatic rings. The van der Waals surface area contributed by atoms with Gasteiger partial charge in [0.2, 0.25) is 0 Å². The van der Waals surface area contributed by atoms with Crippen molar-refractivity contribution in [2.24, 2.45) is 0 Å². The molecule has 0 atom stereocenters. The first-order chi connectivity index (χ1) is 7.85. The van der Waals surface area contributed by atoms with Gasteiger partial charge < -0.3 is 5.32 Å². The number of anilines is 1. The summed E-state index contributed by atoms with van der Waals surface area (Å²) >= 11 is 0. The van der Waals surface area contributed by atoms with Crippen molar-refractivity contribution in [3.05, 3.63) is 24.4 Å². The predicted octanol–water partition coefficient (Wildman–Crippen LogP) is 1.79. The number of hydrogen-bond acceptors (Lipinski definition) is 4. The lowest BCUT2D eigenvalue weighted by atomic mass is 10.3. The molecule has 0 spiro atoms. The molecule has 1 N–H and O–H groups in total. The highest BCUT2D eigenvalue weighted by molar-refractivity contribution is 5.56. The number of aryl methyl sites for hydroxylation is 1. The van der Waals surface area contributed by atoms with E-state index in [1.165, 1.54) is 0 Å². The number of pyridine rings is 1. The van der Waals surface area contributed by atoms with E-state index in [4.69, 9.17) is 0 Å². The Bertz CT molecular complexity index is 463. The van der Waals surface area contributed by atoms with Crippen LogP contribution in [0, 0.1) is 0 Å². The fourth-order valence-electron chi connectivity index (χ4n) is 1.55. The van der Waals surface area contributed by atoms with Gasteiger partial charge in [0.15, 0.2) is 0 Å². The van der Waals surface area contributed by atoms with Gasteiger partial charge in [-0.3, -0.25) is 0 Å². The molecule has 5 heteroatoms. The van der Waals surface area contributed by atoms with Gasteiger partial charge in [-0.2, -0.15) is 0 Å². The van der Waals surface area contributed by atoms with E-state index in [2.05, 4.69) is 27.5 Å². The van der Waals surface area contributed by atoms with Crippen LogP contribution in [-0.2, 0) is 6.54 Å². The van der Waals surface area contributed by atoms with Crippen molar-refractivity contribution in [1.29, 1.82) is 0 Å². The molecule has 0 aromatic carbocycles. The lowest BCUT2D eigenvalue weighted by Crippen LogP contribution is -2.03. The van der Waals surface area contributed by atoms with Crippen molar-refractivity contribution < 1.29 is 0 Å². The molecule has 84 valence electrons. The van der Waals surface area contributed by atoms with Gasteiger partial charge in [-0.15, -0.1) is 5.10 Å². The Kier molecular flexibility index (Phi) is 3.14. The Hall–Kier alpha value is -1.91. The highest BCUT2D eigenvalue weighted by Gasteiger charge is 2.07. The predicted molar refractivity (Wildman–Crippen MR) is 63.1 cm³/mol. The zero-order valence-electron chi connectivity index (χ0n) is 9.51. The summed E-state index contributed by atoms with van der Waals surface area (Å²) in [7, 11) is 1.85. The van der Waals surface area contributed by atoms with E-state index in [9.17, 15) is 0 Å². The summed E-state index contributed by atoms with van der Waals surface area (Å²) in [6, 6.07) is 5.86. The number of nitrogens with zero attached hydrogens (tertiary/aromatic N) is 4. The number of aromatic nitrogens is 4. The molecule has 0 saturated heterocycles. The number of rotatable bonds is 4. The molecular formula is C11H15N5. The normalized spacial score (nSPS) is 10.4. The van der Waals surface area contributed by atoms with Crippen LogP contribution in [0.25, 0.3) is 11.4 Å². The monoisotopic (exact) mass is 217 g/mol. The summed E-state index contributed by atoms with van der Waals surface area (Å²) in [4.78, 5) is 4.46. The van der Waals surface area contributed by atoms with Crippen molar-refractivity contribution in [3.8, 4) is 11.4 Å². The highest BCUT2D eigenvalue weighted by Crippen LogP contribution is 2.17. The number of nitrogens with one attached hydrogen (secondary N) is 1. The molecule has 0 fully saturated rings. The zero-order valence-corrected chi connectivity index (χ0v) is 9.51. The summed E-state index contributed by atoms with van der Waals surface area (Å²) in [5.41, 5.74) is 1.85. The first-order valence-corrected chi connectivity index (χ1v) is 5.39. The van der Waals surface area contributed by atoms with Crippen LogP contribution in [0.2, 0.25) is 0 Å². The van der Waals surface area contributed by atoms with E-state index in [0.29, 0.717) is 0 Å². The molecule has 0 saturated carbocycles. The van der Waals surface area contributed by atoms with Gasteiger partial charge in [0.25, 0.3) is 0 Å². The second-order valence-electron chi connectivity index (χ2n) is 3.50. The molecule has 0 bridgehead atoms. The molecule has 0 amide bonds. The van der Waals surface area contributed by atoms with Gasteiger partial charge in [-0.25, -0.2) is 9.67 Å². The van der Waals surface area contributed by atoms with E-state index in [0.717, 1.165) is 30.2 Å². The van der Waals surface area contributed by atoms with E-state index in [1.54, 1.807) is 6.20 Å². The minimum absolute atomic E-state index is 0.849. The lowest BCUT2D eigenvalue weighted by Gasteiger charge is -2.05. The molecule has 2 heterocycles. The molecule has 2 aromatic heterocycles. The lowest BCUT2D eigenvalue weighted by molar-refractivity contribution is 0.583. The maximum absolute atomic E-state index is 4.46. The van der Waals surface area contributed by atoms with E-state index in [-0.39, 0.29) is 0 Å². The molecule has 16 heavy (non-hydrogen) atoms. The molecule has 2 rings (SSSR count). The molecule has 0 aliphatic heterocycles. The third-order valence-electron chi connectivity index (χ3n) is 2.32. The molecular weight excluding hydrogens is 202 g/mol. The van der Waals surface area contributed by atoms with Gasteiger partial charge in [0.1, 0.15) is 11.5 Å². The SMILES string of the molecule is CCCn1nncc1-c1cccc(NC)n1. The fraction of sp³-hybridized carbons (Fsp3) is 0.364. The Morgan fingerprint density at radius 3 is 3.00 bits per heavy atom. The molecule has 5 nitrogen and oxygen atoms in total.